The smallest absolute Gasteiger partial charge is 0.229 e. The topological polar surface area (TPSA) is 49.8 Å². The van der Waals surface area contributed by atoms with Crippen molar-refractivity contribution in [2.75, 3.05) is 10.6 Å². The van der Waals surface area contributed by atoms with Gasteiger partial charge in [0.1, 0.15) is 5.82 Å². The molecule has 1 heterocycles. The molecule has 0 spiro atoms. The van der Waals surface area contributed by atoms with Crippen LogP contribution in [0.2, 0.25) is 0 Å². The molecular weight excluding hydrogens is 352 g/mol. The molecule has 2 N–H and O–H groups in total. The van der Waals surface area contributed by atoms with Crippen molar-refractivity contribution in [3.63, 3.8) is 0 Å². The summed E-state index contributed by atoms with van der Waals surface area (Å²) in [6.45, 7) is 2.11. The molecule has 3 rings (SSSR count). The summed E-state index contributed by atoms with van der Waals surface area (Å²) in [5.74, 6) is 1.35. The predicted octanol–water partition coefficient (Wildman–Crippen LogP) is 5.16. The number of nitrogens with one attached hydrogen (secondary N) is 2. The first-order valence-corrected chi connectivity index (χ1v) is 8.17. The van der Waals surface area contributed by atoms with Crippen molar-refractivity contribution in [1.82, 2.24) is 9.97 Å². The molecule has 0 radical (unpaired) electrons. The second kappa shape index (κ2) is 7.24. The molecule has 1 unspecified atom stereocenters. The third-order valence-corrected chi connectivity index (χ3v) is 3.89. The van der Waals surface area contributed by atoms with Gasteiger partial charge in [-0.05, 0) is 36.8 Å². The first-order valence-electron chi connectivity index (χ1n) is 7.38. The second-order valence-corrected chi connectivity index (χ2v) is 6.09. The van der Waals surface area contributed by atoms with E-state index in [9.17, 15) is 0 Å². The largest absolute Gasteiger partial charge is 0.363 e. The van der Waals surface area contributed by atoms with Gasteiger partial charge in [0.25, 0.3) is 0 Å². The van der Waals surface area contributed by atoms with Gasteiger partial charge in [-0.1, -0.05) is 52.3 Å². The molecule has 0 aliphatic rings. The number of hydrogen-bond acceptors (Lipinski definition) is 4. The first kappa shape index (κ1) is 15.5. The van der Waals surface area contributed by atoms with Gasteiger partial charge < -0.3 is 10.6 Å². The summed E-state index contributed by atoms with van der Waals surface area (Å²) in [7, 11) is 0. The van der Waals surface area contributed by atoms with Crippen molar-refractivity contribution >= 4 is 33.4 Å². The van der Waals surface area contributed by atoms with Crippen LogP contribution in [0.25, 0.3) is 0 Å². The second-order valence-electron chi connectivity index (χ2n) is 5.18. The SMILES string of the molecule is CC(Nc1ccnc(Nc2cccc(Br)c2)n1)c1ccccc1. The zero-order valence-corrected chi connectivity index (χ0v) is 14.3. The highest BCUT2D eigenvalue weighted by Crippen LogP contribution is 2.21. The molecule has 3 aromatic rings. The lowest BCUT2D eigenvalue weighted by molar-refractivity contribution is 0.873. The van der Waals surface area contributed by atoms with Gasteiger partial charge in [-0.15, -0.1) is 0 Å². The van der Waals surface area contributed by atoms with Crippen molar-refractivity contribution in [3.8, 4) is 0 Å². The number of rotatable bonds is 5. The highest BCUT2D eigenvalue weighted by atomic mass is 79.9. The zero-order chi connectivity index (χ0) is 16.1. The monoisotopic (exact) mass is 368 g/mol. The van der Waals surface area contributed by atoms with E-state index in [2.05, 4.69) is 55.6 Å². The van der Waals surface area contributed by atoms with Crippen LogP contribution < -0.4 is 10.6 Å². The minimum atomic E-state index is 0.171. The summed E-state index contributed by atoms with van der Waals surface area (Å²) in [6.07, 6.45) is 1.74. The van der Waals surface area contributed by atoms with E-state index in [0.717, 1.165) is 16.0 Å². The standard InChI is InChI=1S/C18H17BrN4/c1-13(14-6-3-2-4-7-14)21-17-10-11-20-18(23-17)22-16-9-5-8-15(19)12-16/h2-13H,1H3,(H2,20,21,22,23). The maximum absolute atomic E-state index is 4.51. The Morgan fingerprint density at radius 2 is 1.83 bits per heavy atom. The van der Waals surface area contributed by atoms with Crippen LogP contribution in [0.5, 0.6) is 0 Å². The zero-order valence-electron chi connectivity index (χ0n) is 12.7. The highest BCUT2D eigenvalue weighted by molar-refractivity contribution is 9.10. The molecular formula is C18H17BrN4. The van der Waals surface area contributed by atoms with Gasteiger partial charge in [-0.25, -0.2) is 4.98 Å². The maximum Gasteiger partial charge on any atom is 0.229 e. The van der Waals surface area contributed by atoms with Crippen molar-refractivity contribution in [1.29, 1.82) is 0 Å². The number of halogens is 1. The number of hydrogen-bond donors (Lipinski definition) is 2. The van der Waals surface area contributed by atoms with E-state index >= 15 is 0 Å². The minimum absolute atomic E-state index is 0.171. The third kappa shape index (κ3) is 4.29. The van der Waals surface area contributed by atoms with Gasteiger partial charge in [0.2, 0.25) is 5.95 Å². The molecule has 23 heavy (non-hydrogen) atoms. The van der Waals surface area contributed by atoms with Crippen LogP contribution in [0.4, 0.5) is 17.5 Å². The Hall–Kier alpha value is -2.40. The van der Waals surface area contributed by atoms with Gasteiger partial charge >= 0.3 is 0 Å². The molecule has 2 aromatic carbocycles. The molecule has 5 heteroatoms. The van der Waals surface area contributed by atoms with Gasteiger partial charge in [0, 0.05) is 22.4 Å². The van der Waals surface area contributed by atoms with Crippen LogP contribution in [-0.2, 0) is 0 Å². The minimum Gasteiger partial charge on any atom is -0.363 e. The van der Waals surface area contributed by atoms with Crippen LogP contribution in [0, 0.1) is 0 Å². The van der Waals surface area contributed by atoms with Gasteiger partial charge in [-0.3, -0.25) is 0 Å². The Morgan fingerprint density at radius 3 is 2.61 bits per heavy atom. The molecule has 4 nitrogen and oxygen atoms in total. The average Bonchev–Trinajstić information content (AvgIpc) is 2.56. The third-order valence-electron chi connectivity index (χ3n) is 3.40. The molecule has 0 saturated carbocycles. The summed E-state index contributed by atoms with van der Waals surface area (Å²) in [6, 6.07) is 20.2. The van der Waals surface area contributed by atoms with Gasteiger partial charge in [-0.2, -0.15) is 4.98 Å². The number of aromatic nitrogens is 2. The normalized spacial score (nSPS) is 11.7. The molecule has 0 amide bonds. The van der Waals surface area contributed by atoms with E-state index in [4.69, 9.17) is 0 Å². The lowest BCUT2D eigenvalue weighted by atomic mass is 10.1. The van der Waals surface area contributed by atoms with E-state index < -0.39 is 0 Å². The number of benzene rings is 2. The summed E-state index contributed by atoms with van der Waals surface area (Å²) in [4.78, 5) is 8.78. The Morgan fingerprint density at radius 1 is 1.00 bits per heavy atom. The summed E-state index contributed by atoms with van der Waals surface area (Å²) in [5.41, 5.74) is 2.15. The maximum atomic E-state index is 4.51. The molecule has 1 atom stereocenters. The molecule has 0 aliphatic heterocycles. The van der Waals surface area contributed by atoms with E-state index in [-0.39, 0.29) is 6.04 Å². The van der Waals surface area contributed by atoms with E-state index in [1.54, 1.807) is 6.20 Å². The molecule has 0 saturated heterocycles. The summed E-state index contributed by atoms with van der Waals surface area (Å²) >= 11 is 3.46. The van der Waals surface area contributed by atoms with Crippen LogP contribution >= 0.6 is 15.9 Å². The Kier molecular flexibility index (Phi) is 4.88. The Bertz CT molecular complexity index is 777. The Balaban J connectivity index is 1.72. The van der Waals surface area contributed by atoms with Crippen molar-refractivity contribution in [2.24, 2.45) is 0 Å². The van der Waals surface area contributed by atoms with Crippen molar-refractivity contribution in [3.05, 3.63) is 76.9 Å². The van der Waals surface area contributed by atoms with E-state index in [0.29, 0.717) is 5.95 Å². The average molecular weight is 369 g/mol. The number of nitrogens with zero attached hydrogens (tertiary/aromatic N) is 2. The van der Waals surface area contributed by atoms with Gasteiger partial charge in [0.15, 0.2) is 0 Å². The fourth-order valence-electron chi connectivity index (χ4n) is 2.24. The van der Waals surface area contributed by atoms with Crippen LogP contribution in [0.1, 0.15) is 18.5 Å². The molecule has 1 aromatic heterocycles. The number of anilines is 3. The van der Waals surface area contributed by atoms with E-state index in [1.165, 1.54) is 5.56 Å². The fraction of sp³-hybridized carbons (Fsp3) is 0.111. The summed E-state index contributed by atoms with van der Waals surface area (Å²) in [5, 5.41) is 6.60. The van der Waals surface area contributed by atoms with Gasteiger partial charge in [0.05, 0.1) is 0 Å². The highest BCUT2D eigenvalue weighted by Gasteiger charge is 2.06. The fourth-order valence-corrected chi connectivity index (χ4v) is 2.64. The van der Waals surface area contributed by atoms with Crippen molar-refractivity contribution in [2.45, 2.75) is 13.0 Å². The van der Waals surface area contributed by atoms with Crippen LogP contribution in [-0.4, -0.2) is 9.97 Å². The quantitative estimate of drug-likeness (QED) is 0.653. The lowest BCUT2D eigenvalue weighted by Gasteiger charge is -2.15. The first-order chi connectivity index (χ1) is 11.2. The Labute approximate surface area is 144 Å². The predicted molar refractivity (Wildman–Crippen MR) is 97.9 cm³/mol. The van der Waals surface area contributed by atoms with Crippen molar-refractivity contribution < 1.29 is 0 Å². The van der Waals surface area contributed by atoms with E-state index in [1.807, 2.05) is 48.5 Å². The molecule has 116 valence electrons. The van der Waals surface area contributed by atoms with Crippen LogP contribution in [0.3, 0.4) is 0 Å². The molecule has 0 fully saturated rings. The summed E-state index contributed by atoms with van der Waals surface area (Å²) < 4.78 is 1.01. The molecule has 0 aliphatic carbocycles. The lowest BCUT2D eigenvalue weighted by Crippen LogP contribution is -2.09. The molecule has 0 bridgehead atoms. The van der Waals surface area contributed by atoms with Crippen LogP contribution in [0.15, 0.2) is 71.3 Å².